The lowest BCUT2D eigenvalue weighted by molar-refractivity contribution is -0.161. The Morgan fingerprint density at radius 2 is 1.62 bits per heavy atom. The molecule has 0 aliphatic carbocycles. The number of hydrogen-bond donors (Lipinski definition) is 1. The van der Waals surface area contributed by atoms with Crippen LogP contribution in [0.15, 0.2) is 54.6 Å². The van der Waals surface area contributed by atoms with E-state index in [0.717, 1.165) is 12.8 Å². The van der Waals surface area contributed by atoms with Gasteiger partial charge in [-0.25, -0.2) is 4.79 Å². The number of ether oxygens (including phenoxy) is 1. The lowest BCUT2D eigenvalue weighted by atomic mass is 10.1. The fraction of sp³-hybridized carbons (Fsp3) is 0.318. The SMILES string of the molecule is C[C@H](NC(=O)c1ccccc1Cl)C(=O)O[C@H](C(=O)N1CCCC1)c1ccccc1. The first-order chi connectivity index (χ1) is 14.0. The third-order valence-electron chi connectivity index (χ3n) is 4.80. The minimum Gasteiger partial charge on any atom is -0.446 e. The van der Waals surface area contributed by atoms with E-state index < -0.39 is 24.0 Å². The summed E-state index contributed by atoms with van der Waals surface area (Å²) in [6.07, 6.45) is 0.832. The van der Waals surface area contributed by atoms with Crippen LogP contribution in [0.25, 0.3) is 0 Å². The van der Waals surface area contributed by atoms with Crippen molar-refractivity contribution in [1.29, 1.82) is 0 Å². The van der Waals surface area contributed by atoms with Gasteiger partial charge in [-0.1, -0.05) is 54.1 Å². The van der Waals surface area contributed by atoms with Crippen molar-refractivity contribution in [2.24, 2.45) is 0 Å². The van der Waals surface area contributed by atoms with E-state index in [9.17, 15) is 14.4 Å². The second kappa shape index (κ2) is 9.56. The van der Waals surface area contributed by atoms with Crippen molar-refractivity contribution in [3.05, 3.63) is 70.7 Å². The Labute approximate surface area is 174 Å². The summed E-state index contributed by atoms with van der Waals surface area (Å²) in [5.74, 6) is -1.42. The number of hydrogen-bond acceptors (Lipinski definition) is 4. The highest BCUT2D eigenvalue weighted by Crippen LogP contribution is 2.23. The number of likely N-dealkylation sites (tertiary alicyclic amines) is 1. The minimum atomic E-state index is -1.04. The van der Waals surface area contributed by atoms with E-state index in [-0.39, 0.29) is 16.5 Å². The van der Waals surface area contributed by atoms with Crippen LogP contribution in [0.2, 0.25) is 5.02 Å². The Morgan fingerprint density at radius 1 is 1.00 bits per heavy atom. The number of rotatable bonds is 6. The fourth-order valence-corrected chi connectivity index (χ4v) is 3.41. The van der Waals surface area contributed by atoms with E-state index in [1.54, 1.807) is 53.4 Å². The predicted molar refractivity (Wildman–Crippen MR) is 109 cm³/mol. The fourth-order valence-electron chi connectivity index (χ4n) is 3.19. The normalized spacial score (nSPS) is 15.4. The number of esters is 1. The van der Waals surface area contributed by atoms with Crippen molar-refractivity contribution in [2.75, 3.05) is 13.1 Å². The van der Waals surface area contributed by atoms with Gasteiger partial charge in [-0.15, -0.1) is 0 Å². The quantitative estimate of drug-likeness (QED) is 0.735. The smallest absolute Gasteiger partial charge is 0.329 e. The van der Waals surface area contributed by atoms with Gasteiger partial charge < -0.3 is 15.0 Å². The molecule has 0 bridgehead atoms. The molecule has 0 radical (unpaired) electrons. The zero-order chi connectivity index (χ0) is 20.8. The Bertz CT molecular complexity index is 881. The van der Waals surface area contributed by atoms with Gasteiger partial charge in [-0.2, -0.15) is 0 Å². The van der Waals surface area contributed by atoms with E-state index in [0.29, 0.717) is 18.7 Å². The number of carbonyl (C=O) groups is 3. The Morgan fingerprint density at radius 3 is 2.28 bits per heavy atom. The monoisotopic (exact) mass is 414 g/mol. The summed E-state index contributed by atoms with van der Waals surface area (Å²) in [4.78, 5) is 39.7. The standard InChI is InChI=1S/C22H23ClN2O4/c1-15(24-20(26)17-11-5-6-12-18(17)23)22(28)29-19(16-9-3-2-4-10-16)21(27)25-13-7-8-14-25/h2-6,9-12,15,19H,7-8,13-14H2,1H3,(H,24,26)/t15-,19-/m0/s1. The van der Waals surface area contributed by atoms with E-state index in [1.807, 2.05) is 6.07 Å². The molecule has 7 heteroatoms. The lowest BCUT2D eigenvalue weighted by Crippen LogP contribution is -2.42. The number of benzene rings is 2. The van der Waals surface area contributed by atoms with Gasteiger partial charge in [0.25, 0.3) is 11.8 Å². The summed E-state index contributed by atoms with van der Waals surface area (Å²) in [5, 5.41) is 2.87. The first kappa shape index (κ1) is 20.9. The molecule has 0 spiro atoms. The molecule has 1 heterocycles. The highest BCUT2D eigenvalue weighted by molar-refractivity contribution is 6.33. The van der Waals surface area contributed by atoms with Gasteiger partial charge in [0.2, 0.25) is 6.10 Å². The molecule has 2 aromatic carbocycles. The summed E-state index contributed by atoms with van der Waals surface area (Å²) < 4.78 is 5.56. The summed E-state index contributed by atoms with van der Waals surface area (Å²) in [5.41, 5.74) is 0.865. The Hall–Kier alpha value is -2.86. The Balaban J connectivity index is 1.71. The van der Waals surface area contributed by atoms with Gasteiger partial charge in [-0.05, 0) is 31.9 Å². The molecule has 0 aromatic heterocycles. The van der Waals surface area contributed by atoms with Crippen LogP contribution in [0.5, 0.6) is 0 Å². The van der Waals surface area contributed by atoms with Gasteiger partial charge >= 0.3 is 5.97 Å². The molecule has 0 unspecified atom stereocenters. The van der Waals surface area contributed by atoms with Crippen LogP contribution in [-0.4, -0.2) is 41.8 Å². The van der Waals surface area contributed by atoms with E-state index >= 15 is 0 Å². The van der Waals surface area contributed by atoms with Gasteiger partial charge in [0.15, 0.2) is 0 Å². The van der Waals surface area contributed by atoms with Gasteiger partial charge in [0.1, 0.15) is 6.04 Å². The average Bonchev–Trinajstić information content (AvgIpc) is 3.27. The molecule has 6 nitrogen and oxygen atoms in total. The average molecular weight is 415 g/mol. The highest BCUT2D eigenvalue weighted by atomic mass is 35.5. The zero-order valence-electron chi connectivity index (χ0n) is 16.1. The van der Waals surface area contributed by atoms with Crippen LogP contribution in [-0.2, 0) is 14.3 Å². The van der Waals surface area contributed by atoms with Crippen LogP contribution in [0.1, 0.15) is 41.8 Å². The topological polar surface area (TPSA) is 75.7 Å². The highest BCUT2D eigenvalue weighted by Gasteiger charge is 2.32. The molecule has 1 aliphatic rings. The molecule has 1 fully saturated rings. The van der Waals surface area contributed by atoms with E-state index in [4.69, 9.17) is 16.3 Å². The number of amides is 2. The predicted octanol–water partition coefficient (Wildman–Crippen LogP) is 3.37. The summed E-state index contributed by atoms with van der Waals surface area (Å²) in [7, 11) is 0. The van der Waals surface area contributed by atoms with Gasteiger partial charge in [0.05, 0.1) is 10.6 Å². The van der Waals surface area contributed by atoms with Crippen molar-refractivity contribution in [3.8, 4) is 0 Å². The minimum absolute atomic E-state index is 0.244. The maximum absolute atomic E-state index is 12.9. The molecular weight excluding hydrogens is 392 g/mol. The molecule has 2 aromatic rings. The second-order valence-electron chi connectivity index (χ2n) is 6.93. The van der Waals surface area contributed by atoms with Crippen molar-refractivity contribution < 1.29 is 19.1 Å². The molecule has 1 saturated heterocycles. The maximum Gasteiger partial charge on any atom is 0.329 e. The Kier molecular flexibility index (Phi) is 6.88. The van der Waals surface area contributed by atoms with Crippen molar-refractivity contribution in [2.45, 2.75) is 31.9 Å². The van der Waals surface area contributed by atoms with E-state index in [1.165, 1.54) is 6.92 Å². The number of halogens is 1. The molecule has 3 rings (SSSR count). The number of nitrogens with zero attached hydrogens (tertiary/aromatic N) is 1. The summed E-state index contributed by atoms with van der Waals surface area (Å²) in [6.45, 7) is 2.82. The molecule has 1 aliphatic heterocycles. The maximum atomic E-state index is 12.9. The van der Waals surface area contributed by atoms with Crippen LogP contribution in [0.4, 0.5) is 0 Å². The van der Waals surface area contributed by atoms with Gasteiger partial charge in [-0.3, -0.25) is 9.59 Å². The van der Waals surface area contributed by atoms with Crippen molar-refractivity contribution in [3.63, 3.8) is 0 Å². The van der Waals surface area contributed by atoms with Crippen molar-refractivity contribution in [1.82, 2.24) is 10.2 Å². The molecule has 1 N–H and O–H groups in total. The van der Waals surface area contributed by atoms with Crippen LogP contribution < -0.4 is 5.32 Å². The van der Waals surface area contributed by atoms with Crippen LogP contribution in [0.3, 0.4) is 0 Å². The first-order valence-electron chi connectivity index (χ1n) is 9.57. The zero-order valence-corrected chi connectivity index (χ0v) is 16.9. The number of carbonyl (C=O) groups excluding carboxylic acids is 3. The summed E-state index contributed by atoms with van der Waals surface area (Å²) >= 11 is 6.03. The molecular formula is C22H23ClN2O4. The largest absolute Gasteiger partial charge is 0.446 e. The summed E-state index contributed by atoms with van der Waals surface area (Å²) in [6, 6.07) is 14.5. The first-order valence-corrected chi connectivity index (χ1v) is 9.95. The third kappa shape index (κ3) is 5.15. The lowest BCUT2D eigenvalue weighted by Gasteiger charge is -2.25. The second-order valence-corrected chi connectivity index (χ2v) is 7.34. The van der Waals surface area contributed by atoms with Gasteiger partial charge in [0, 0.05) is 18.7 Å². The molecule has 0 saturated carbocycles. The van der Waals surface area contributed by atoms with Crippen LogP contribution >= 0.6 is 11.6 Å². The molecule has 152 valence electrons. The van der Waals surface area contributed by atoms with Crippen molar-refractivity contribution >= 4 is 29.4 Å². The molecule has 29 heavy (non-hydrogen) atoms. The molecule has 2 atom stereocenters. The third-order valence-corrected chi connectivity index (χ3v) is 5.13. The molecule has 2 amide bonds. The van der Waals surface area contributed by atoms with Crippen LogP contribution in [0, 0.1) is 0 Å². The van der Waals surface area contributed by atoms with E-state index in [2.05, 4.69) is 5.32 Å². The number of nitrogens with one attached hydrogen (secondary N) is 1.